The van der Waals surface area contributed by atoms with E-state index >= 15 is 0 Å². The van der Waals surface area contributed by atoms with Gasteiger partial charge in [0, 0.05) is 13.1 Å². The van der Waals surface area contributed by atoms with Gasteiger partial charge in [0.2, 0.25) is 5.69 Å². The van der Waals surface area contributed by atoms with Crippen molar-refractivity contribution in [1.29, 1.82) is 5.26 Å². The van der Waals surface area contributed by atoms with Crippen molar-refractivity contribution in [3.05, 3.63) is 35.0 Å². The van der Waals surface area contributed by atoms with Crippen molar-refractivity contribution in [2.75, 3.05) is 18.0 Å². The molecule has 0 radical (unpaired) electrons. The number of hydrogen-bond acceptors (Lipinski definition) is 4. The molecule has 5 heteroatoms. The minimum atomic E-state index is 0.390. The van der Waals surface area contributed by atoms with Gasteiger partial charge >= 0.3 is 0 Å². The minimum absolute atomic E-state index is 0.390. The van der Waals surface area contributed by atoms with Gasteiger partial charge in [0.15, 0.2) is 5.82 Å². The van der Waals surface area contributed by atoms with Gasteiger partial charge in [-0.2, -0.15) is 5.26 Å². The molecule has 0 saturated carbocycles. The molecule has 0 amide bonds. The second kappa shape index (κ2) is 7.08. The van der Waals surface area contributed by atoms with Gasteiger partial charge in [-0.1, -0.05) is 19.9 Å². The van der Waals surface area contributed by atoms with Crippen LogP contribution in [0.3, 0.4) is 0 Å². The number of aryl methyl sites for hydroxylation is 2. The normalized spacial score (nSPS) is 10.5. The molecule has 1 aromatic carbocycles. The van der Waals surface area contributed by atoms with E-state index in [0.717, 1.165) is 42.7 Å². The maximum Gasteiger partial charge on any atom is 0.207 e. The number of nitriles is 1. The quantitative estimate of drug-likeness (QED) is 0.820. The van der Waals surface area contributed by atoms with Gasteiger partial charge in [0.25, 0.3) is 0 Å². The van der Waals surface area contributed by atoms with Gasteiger partial charge in [-0.25, -0.2) is 0 Å². The Labute approximate surface area is 132 Å². The highest BCUT2D eigenvalue weighted by Crippen LogP contribution is 2.19. The van der Waals surface area contributed by atoms with Crippen LogP contribution in [0.15, 0.2) is 18.2 Å². The fourth-order valence-corrected chi connectivity index (χ4v) is 2.63. The summed E-state index contributed by atoms with van der Waals surface area (Å²) in [7, 11) is 0. The van der Waals surface area contributed by atoms with Crippen molar-refractivity contribution in [1.82, 2.24) is 15.0 Å². The molecule has 0 bridgehead atoms. The molecule has 22 heavy (non-hydrogen) atoms. The molecule has 0 aliphatic carbocycles. The maximum absolute atomic E-state index is 9.38. The van der Waals surface area contributed by atoms with Gasteiger partial charge in [-0.3, -0.25) is 0 Å². The summed E-state index contributed by atoms with van der Waals surface area (Å²) in [5.74, 6) is 0.686. The lowest BCUT2D eigenvalue weighted by Gasteiger charge is -2.20. The highest BCUT2D eigenvalue weighted by molar-refractivity contribution is 5.50. The average molecular weight is 297 g/mol. The molecule has 0 saturated heterocycles. The summed E-state index contributed by atoms with van der Waals surface area (Å²) in [6, 6.07) is 8.35. The molecule has 0 N–H and O–H groups in total. The molecule has 1 heterocycles. The molecule has 0 aliphatic rings. The fraction of sp³-hybridized carbons (Fsp3) is 0.471. The summed E-state index contributed by atoms with van der Waals surface area (Å²) >= 11 is 0. The second-order valence-electron chi connectivity index (χ2n) is 5.61. The smallest absolute Gasteiger partial charge is 0.207 e. The molecule has 1 aromatic heterocycles. The van der Waals surface area contributed by atoms with E-state index in [4.69, 9.17) is 0 Å². The number of hydrogen-bond donors (Lipinski definition) is 0. The van der Waals surface area contributed by atoms with Crippen LogP contribution >= 0.6 is 0 Å². The highest BCUT2D eigenvalue weighted by Gasteiger charge is 2.17. The lowest BCUT2D eigenvalue weighted by Crippen LogP contribution is -2.26. The summed E-state index contributed by atoms with van der Waals surface area (Å²) in [5.41, 5.74) is 3.60. The van der Waals surface area contributed by atoms with Crippen LogP contribution in [0.5, 0.6) is 0 Å². The van der Waals surface area contributed by atoms with Crippen molar-refractivity contribution in [2.24, 2.45) is 0 Å². The molecule has 0 spiro atoms. The van der Waals surface area contributed by atoms with Crippen molar-refractivity contribution in [3.63, 3.8) is 0 Å². The Morgan fingerprint density at radius 1 is 1.05 bits per heavy atom. The van der Waals surface area contributed by atoms with E-state index in [1.807, 2.05) is 26.0 Å². The predicted octanol–water partition coefficient (Wildman–Crippen LogP) is 3.38. The Bertz CT molecular complexity index is 655. The Kier molecular flexibility index (Phi) is 5.16. The van der Waals surface area contributed by atoms with Crippen molar-refractivity contribution in [2.45, 2.75) is 40.5 Å². The van der Waals surface area contributed by atoms with E-state index in [0.29, 0.717) is 11.5 Å². The third-order valence-electron chi connectivity index (χ3n) is 3.43. The van der Waals surface area contributed by atoms with E-state index in [1.54, 1.807) is 4.80 Å². The first kappa shape index (κ1) is 16.0. The van der Waals surface area contributed by atoms with Crippen LogP contribution in [0.25, 0.3) is 5.69 Å². The number of anilines is 1. The van der Waals surface area contributed by atoms with Gasteiger partial charge in [-0.05, 0) is 49.9 Å². The lowest BCUT2D eigenvalue weighted by molar-refractivity contribution is 0.708. The zero-order valence-electron chi connectivity index (χ0n) is 13.8. The number of benzene rings is 1. The number of rotatable bonds is 6. The third kappa shape index (κ3) is 3.45. The molecule has 0 atom stereocenters. The van der Waals surface area contributed by atoms with Crippen LogP contribution in [0.1, 0.15) is 43.5 Å². The molecule has 116 valence electrons. The van der Waals surface area contributed by atoms with Crippen molar-refractivity contribution in [3.8, 4) is 11.8 Å². The van der Waals surface area contributed by atoms with Crippen LogP contribution in [0.2, 0.25) is 0 Å². The summed E-state index contributed by atoms with van der Waals surface area (Å²) in [6.45, 7) is 10.1. The molecule has 0 fully saturated rings. The first-order valence-electron chi connectivity index (χ1n) is 7.80. The van der Waals surface area contributed by atoms with E-state index in [9.17, 15) is 5.26 Å². The topological polar surface area (TPSA) is 57.7 Å². The van der Waals surface area contributed by atoms with E-state index in [2.05, 4.69) is 41.1 Å². The summed E-state index contributed by atoms with van der Waals surface area (Å²) in [5, 5.41) is 18.3. The van der Waals surface area contributed by atoms with Crippen LogP contribution in [0, 0.1) is 25.2 Å². The van der Waals surface area contributed by atoms with E-state index in [-0.39, 0.29) is 0 Å². The standard InChI is InChI=1S/C17H23N5/c1-5-7-21(8-6-2)17-16(12-18)19-22(20-17)15-10-13(3)9-14(4)11-15/h9-11H,5-8H2,1-4H3. The zero-order valence-corrected chi connectivity index (χ0v) is 13.8. The van der Waals surface area contributed by atoms with Gasteiger partial charge in [0.05, 0.1) is 5.69 Å². The summed E-state index contributed by atoms with van der Waals surface area (Å²) in [6.07, 6.45) is 2.03. The van der Waals surface area contributed by atoms with E-state index in [1.165, 1.54) is 0 Å². The molecule has 2 aromatic rings. The number of aromatic nitrogens is 3. The molecule has 0 unspecified atom stereocenters. The fourth-order valence-electron chi connectivity index (χ4n) is 2.63. The summed E-state index contributed by atoms with van der Waals surface area (Å²) in [4.78, 5) is 3.72. The van der Waals surface area contributed by atoms with Gasteiger partial charge < -0.3 is 4.90 Å². The van der Waals surface area contributed by atoms with Gasteiger partial charge in [0.1, 0.15) is 6.07 Å². The van der Waals surface area contributed by atoms with Crippen LogP contribution in [0.4, 0.5) is 5.82 Å². The predicted molar refractivity (Wildman–Crippen MR) is 88.3 cm³/mol. The van der Waals surface area contributed by atoms with Crippen LogP contribution in [-0.4, -0.2) is 28.1 Å². The Morgan fingerprint density at radius 3 is 2.14 bits per heavy atom. The maximum atomic E-state index is 9.38. The number of nitrogens with zero attached hydrogens (tertiary/aromatic N) is 5. The Morgan fingerprint density at radius 2 is 1.64 bits per heavy atom. The minimum Gasteiger partial charge on any atom is -0.353 e. The molecular formula is C17H23N5. The largest absolute Gasteiger partial charge is 0.353 e. The van der Waals surface area contributed by atoms with Gasteiger partial charge in [-0.15, -0.1) is 15.0 Å². The van der Waals surface area contributed by atoms with Crippen LogP contribution in [-0.2, 0) is 0 Å². The third-order valence-corrected chi connectivity index (χ3v) is 3.43. The van der Waals surface area contributed by atoms with Crippen molar-refractivity contribution >= 4 is 5.82 Å². The van der Waals surface area contributed by atoms with Crippen LogP contribution < -0.4 is 4.90 Å². The molecule has 0 aliphatic heterocycles. The van der Waals surface area contributed by atoms with Crippen molar-refractivity contribution < 1.29 is 0 Å². The molecule has 2 rings (SSSR count). The summed E-state index contributed by atoms with van der Waals surface area (Å²) < 4.78 is 0. The monoisotopic (exact) mass is 297 g/mol. The first-order chi connectivity index (χ1) is 10.6. The lowest BCUT2D eigenvalue weighted by atomic mass is 10.1. The molecule has 5 nitrogen and oxygen atoms in total. The first-order valence-corrected chi connectivity index (χ1v) is 7.80. The SMILES string of the molecule is CCCN(CCC)c1nn(-c2cc(C)cc(C)c2)nc1C#N. The Balaban J connectivity index is 2.45. The second-order valence-corrected chi connectivity index (χ2v) is 5.61. The van der Waals surface area contributed by atoms with E-state index < -0.39 is 0 Å². The highest BCUT2D eigenvalue weighted by atomic mass is 15.5. The zero-order chi connectivity index (χ0) is 16.1. The molecular weight excluding hydrogens is 274 g/mol. The Hall–Kier alpha value is -2.35. The average Bonchev–Trinajstić information content (AvgIpc) is 2.90.